The highest BCUT2D eigenvalue weighted by atomic mass is 16.6. The van der Waals surface area contributed by atoms with Gasteiger partial charge in [-0.3, -0.25) is 29.8 Å². The lowest BCUT2D eigenvalue weighted by atomic mass is 9.82. The number of hydrogen-bond acceptors (Lipinski definition) is 10. The number of ketones is 1. The fraction of sp³-hybridized carbons (Fsp3) is 0.360. The van der Waals surface area contributed by atoms with Crippen LogP contribution in [-0.4, -0.2) is 62.7 Å². The Morgan fingerprint density at radius 1 is 0.895 bits per heavy atom. The summed E-state index contributed by atoms with van der Waals surface area (Å²) in [5.74, 6) is -2.74. The predicted octanol–water partition coefficient (Wildman–Crippen LogP) is 2.85. The van der Waals surface area contributed by atoms with Crippen molar-refractivity contribution in [3.8, 4) is 0 Å². The van der Waals surface area contributed by atoms with E-state index in [9.17, 15) is 39.4 Å². The van der Waals surface area contributed by atoms with Crippen molar-refractivity contribution >= 4 is 35.0 Å². The highest BCUT2D eigenvalue weighted by Crippen LogP contribution is 2.43. The molecule has 2 aromatic carbocycles. The van der Waals surface area contributed by atoms with Crippen LogP contribution < -0.4 is 0 Å². The van der Waals surface area contributed by atoms with E-state index in [-0.39, 0.29) is 41.1 Å². The molecule has 5 unspecified atom stereocenters. The number of hydrogen-bond donors (Lipinski definition) is 0. The van der Waals surface area contributed by atoms with Crippen LogP contribution in [0.5, 0.6) is 0 Å². The van der Waals surface area contributed by atoms with Crippen LogP contribution in [0.4, 0.5) is 11.4 Å². The van der Waals surface area contributed by atoms with E-state index in [1.54, 1.807) is 6.92 Å². The van der Waals surface area contributed by atoms with Crippen LogP contribution >= 0.6 is 0 Å². The van der Waals surface area contributed by atoms with Crippen LogP contribution in [-0.2, 0) is 19.1 Å². The first-order chi connectivity index (χ1) is 18.0. The minimum Gasteiger partial charge on any atom is -0.457 e. The predicted molar refractivity (Wildman–Crippen MR) is 128 cm³/mol. The number of nitrogens with zero attached hydrogens (tertiary/aromatic N) is 3. The molecule has 13 heteroatoms. The SMILES string of the molecule is CC(=O)N1C2CC(=O)CC(C2OC(=O)c2ccc([N+](=O)[O-])cc2)C1C(C)OC(=O)c1ccc([N+](=O)[O-])cc1. The summed E-state index contributed by atoms with van der Waals surface area (Å²) < 4.78 is 11.3. The number of ether oxygens (including phenoxy) is 2. The van der Waals surface area contributed by atoms with Crippen molar-refractivity contribution in [2.45, 2.75) is 51.0 Å². The summed E-state index contributed by atoms with van der Waals surface area (Å²) >= 11 is 0. The number of nitro benzene ring substituents is 2. The Labute approximate surface area is 215 Å². The zero-order valence-electron chi connectivity index (χ0n) is 20.3. The third-order valence-corrected chi connectivity index (χ3v) is 6.83. The summed E-state index contributed by atoms with van der Waals surface area (Å²) in [6, 6.07) is 8.13. The molecule has 198 valence electrons. The van der Waals surface area contributed by atoms with Gasteiger partial charge in [0.15, 0.2) is 0 Å². The maximum absolute atomic E-state index is 12.9. The normalized spacial score (nSPS) is 22.9. The van der Waals surface area contributed by atoms with Gasteiger partial charge >= 0.3 is 11.9 Å². The molecule has 1 amide bonds. The molecule has 2 fully saturated rings. The Morgan fingerprint density at radius 3 is 1.87 bits per heavy atom. The van der Waals surface area contributed by atoms with E-state index in [1.807, 2.05) is 0 Å². The van der Waals surface area contributed by atoms with Crippen molar-refractivity contribution in [2.24, 2.45) is 5.92 Å². The van der Waals surface area contributed by atoms with E-state index in [0.717, 1.165) is 12.1 Å². The van der Waals surface area contributed by atoms with E-state index in [0.29, 0.717) is 0 Å². The highest BCUT2D eigenvalue weighted by molar-refractivity contribution is 5.91. The Morgan fingerprint density at radius 2 is 1.39 bits per heavy atom. The molecular weight excluding hydrogens is 502 g/mol. The molecule has 1 aliphatic heterocycles. The van der Waals surface area contributed by atoms with E-state index in [2.05, 4.69) is 0 Å². The Kier molecular flexibility index (Phi) is 7.19. The molecule has 4 rings (SSSR count). The van der Waals surface area contributed by atoms with Crippen LogP contribution in [0, 0.1) is 26.1 Å². The molecule has 0 N–H and O–H groups in total. The smallest absolute Gasteiger partial charge is 0.338 e. The molecule has 1 heterocycles. The van der Waals surface area contributed by atoms with Crippen molar-refractivity contribution in [1.29, 1.82) is 0 Å². The third kappa shape index (κ3) is 5.08. The Bertz CT molecular complexity index is 1310. The molecule has 2 bridgehead atoms. The fourth-order valence-corrected chi connectivity index (χ4v) is 5.22. The maximum Gasteiger partial charge on any atom is 0.338 e. The van der Waals surface area contributed by atoms with Gasteiger partial charge in [0, 0.05) is 49.9 Å². The summed E-state index contributed by atoms with van der Waals surface area (Å²) in [6.45, 7) is 2.86. The van der Waals surface area contributed by atoms with Gasteiger partial charge in [0.25, 0.3) is 11.4 Å². The number of rotatable bonds is 7. The number of nitro groups is 2. The molecule has 1 saturated heterocycles. The zero-order chi connectivity index (χ0) is 27.7. The molecule has 38 heavy (non-hydrogen) atoms. The molecule has 2 aromatic rings. The van der Waals surface area contributed by atoms with Crippen LogP contribution in [0.1, 0.15) is 47.4 Å². The number of amides is 1. The molecule has 5 atom stereocenters. The molecule has 13 nitrogen and oxygen atoms in total. The van der Waals surface area contributed by atoms with Crippen molar-refractivity contribution in [2.75, 3.05) is 0 Å². The van der Waals surface area contributed by atoms with Gasteiger partial charge in [0.1, 0.15) is 18.0 Å². The number of carbonyl (C=O) groups excluding carboxylic acids is 4. The number of benzene rings is 2. The van der Waals surface area contributed by atoms with Crippen molar-refractivity contribution in [3.05, 3.63) is 79.9 Å². The van der Waals surface area contributed by atoms with Crippen molar-refractivity contribution < 1.29 is 38.5 Å². The molecule has 1 aliphatic carbocycles. The third-order valence-electron chi connectivity index (χ3n) is 6.83. The van der Waals surface area contributed by atoms with E-state index < -0.39 is 57.9 Å². The second kappa shape index (κ2) is 10.4. The minimum atomic E-state index is -0.914. The topological polar surface area (TPSA) is 176 Å². The monoisotopic (exact) mass is 525 g/mol. The number of fused-ring (bicyclic) bond motifs is 2. The zero-order valence-corrected chi connectivity index (χ0v) is 20.3. The van der Waals surface area contributed by atoms with Gasteiger partial charge in [-0.05, 0) is 31.2 Å². The maximum atomic E-state index is 12.9. The summed E-state index contributed by atoms with van der Waals surface area (Å²) in [4.78, 5) is 72.8. The minimum absolute atomic E-state index is 0.0113. The molecule has 0 spiro atoms. The highest BCUT2D eigenvalue weighted by Gasteiger charge is 2.58. The van der Waals surface area contributed by atoms with Crippen molar-refractivity contribution in [1.82, 2.24) is 4.90 Å². The number of esters is 2. The number of Topliss-reactive ketones (excluding diaryl/α,β-unsaturated/α-hetero) is 1. The molecule has 1 saturated carbocycles. The van der Waals surface area contributed by atoms with E-state index in [4.69, 9.17) is 9.47 Å². The van der Waals surface area contributed by atoms with Crippen LogP contribution in [0.2, 0.25) is 0 Å². The summed E-state index contributed by atoms with van der Waals surface area (Å²) in [5, 5.41) is 21.8. The van der Waals surface area contributed by atoms with Gasteiger partial charge in [-0.1, -0.05) is 0 Å². The van der Waals surface area contributed by atoms with Gasteiger partial charge in [-0.2, -0.15) is 0 Å². The second-order valence-corrected chi connectivity index (χ2v) is 9.18. The largest absolute Gasteiger partial charge is 0.457 e. The van der Waals surface area contributed by atoms with Gasteiger partial charge < -0.3 is 14.4 Å². The molecule has 0 radical (unpaired) electrons. The lowest BCUT2D eigenvalue weighted by molar-refractivity contribution is -0.385. The second-order valence-electron chi connectivity index (χ2n) is 9.18. The summed E-state index contributed by atoms with van der Waals surface area (Å²) in [5.41, 5.74) is -0.264. The lowest BCUT2D eigenvalue weighted by Crippen LogP contribution is -2.47. The summed E-state index contributed by atoms with van der Waals surface area (Å²) in [7, 11) is 0. The summed E-state index contributed by atoms with van der Waals surface area (Å²) in [6.07, 6.45) is -1.84. The fourth-order valence-electron chi connectivity index (χ4n) is 5.22. The number of likely N-dealkylation sites (tertiary alicyclic amines) is 1. The van der Waals surface area contributed by atoms with Gasteiger partial charge in [0.05, 0.1) is 33.1 Å². The standard InChI is InChI=1S/C25H23N3O10/c1-13(37-24(31)15-3-7-17(8-4-15)27(33)34)22-20-11-19(30)12-21(26(22)14(2)29)23(20)38-25(32)16-5-9-18(10-6-16)28(35)36/h3-10,13,20-23H,11-12H2,1-2H3. The van der Waals surface area contributed by atoms with Crippen LogP contribution in [0.3, 0.4) is 0 Å². The molecular formula is C25H23N3O10. The van der Waals surface area contributed by atoms with Gasteiger partial charge in [-0.15, -0.1) is 0 Å². The Balaban J connectivity index is 1.56. The van der Waals surface area contributed by atoms with E-state index >= 15 is 0 Å². The molecule has 0 aromatic heterocycles. The number of carbonyl (C=O) groups is 4. The lowest BCUT2D eigenvalue weighted by Gasteiger charge is -2.32. The van der Waals surface area contributed by atoms with Gasteiger partial charge in [0.2, 0.25) is 5.91 Å². The van der Waals surface area contributed by atoms with Gasteiger partial charge in [-0.25, -0.2) is 9.59 Å². The Hall–Kier alpha value is -4.68. The first-order valence-electron chi connectivity index (χ1n) is 11.7. The van der Waals surface area contributed by atoms with E-state index in [1.165, 1.54) is 48.2 Å². The van der Waals surface area contributed by atoms with Crippen molar-refractivity contribution in [3.63, 3.8) is 0 Å². The number of non-ortho nitro benzene ring substituents is 2. The first kappa shape index (κ1) is 26.4. The van der Waals surface area contributed by atoms with Crippen LogP contribution in [0.25, 0.3) is 0 Å². The first-order valence-corrected chi connectivity index (χ1v) is 11.7. The molecule has 2 aliphatic rings. The van der Waals surface area contributed by atoms with Crippen LogP contribution in [0.15, 0.2) is 48.5 Å². The average Bonchev–Trinajstić information content (AvgIpc) is 3.05. The quantitative estimate of drug-likeness (QED) is 0.297. The average molecular weight is 525 g/mol.